The highest BCUT2D eigenvalue weighted by atomic mass is 35.5. The van der Waals surface area contributed by atoms with E-state index in [2.05, 4.69) is 42.8 Å². The molecule has 0 N–H and O–H groups in total. The number of ketones is 1. The Kier molecular flexibility index (Phi) is 7.74. The normalized spacial score (nSPS) is 10.4. The third kappa shape index (κ3) is 5.66. The monoisotopic (exact) mass is 391 g/mol. The molecule has 3 aromatic carbocycles. The first kappa shape index (κ1) is 21.6. The van der Waals surface area contributed by atoms with E-state index in [1.54, 1.807) is 0 Å². The Balaban J connectivity index is 0.00000280. The van der Waals surface area contributed by atoms with E-state index < -0.39 is 0 Å². The van der Waals surface area contributed by atoms with Crippen LogP contribution in [0.3, 0.4) is 0 Å². The predicted octanol–water partition coefficient (Wildman–Crippen LogP) is 6.01. The van der Waals surface area contributed by atoms with E-state index in [0.717, 1.165) is 24.2 Å². The highest BCUT2D eigenvalue weighted by molar-refractivity contribution is 6.09. The molecule has 2 nitrogen and oxygen atoms in total. The first-order valence-corrected chi connectivity index (χ1v) is 9.15. The zero-order valence-corrected chi connectivity index (χ0v) is 17.2. The topological polar surface area (TPSA) is 20.3 Å². The van der Waals surface area contributed by atoms with Gasteiger partial charge in [-0.05, 0) is 30.7 Å². The Hall–Kier alpha value is -2.68. The maximum absolute atomic E-state index is 12.5. The molecule has 0 atom stereocenters. The fourth-order valence-electron chi connectivity index (χ4n) is 3.20. The van der Waals surface area contributed by atoms with Gasteiger partial charge in [0.1, 0.15) is 0 Å². The average Bonchev–Trinajstić information content (AvgIpc) is 2.68. The number of hydrogen-bond donors (Lipinski definition) is 0. The Morgan fingerprint density at radius 1 is 0.821 bits per heavy atom. The molecule has 0 aliphatic heterocycles. The Bertz CT molecular complexity index is 915. The summed E-state index contributed by atoms with van der Waals surface area (Å²) in [4.78, 5) is 14.8. The minimum absolute atomic E-state index is 0. The third-order valence-corrected chi connectivity index (χ3v) is 4.46. The van der Waals surface area contributed by atoms with Crippen LogP contribution >= 0.6 is 12.4 Å². The molecule has 3 rings (SSSR count). The van der Waals surface area contributed by atoms with Gasteiger partial charge in [-0.2, -0.15) is 0 Å². The van der Waals surface area contributed by atoms with Gasteiger partial charge >= 0.3 is 0 Å². The number of rotatable bonds is 7. The maximum Gasteiger partial charge on any atom is 0.193 e. The minimum atomic E-state index is 0. The van der Waals surface area contributed by atoms with Crippen LogP contribution in [0.4, 0.5) is 0 Å². The van der Waals surface area contributed by atoms with Crippen LogP contribution in [-0.2, 0) is 6.54 Å². The first-order valence-electron chi connectivity index (χ1n) is 9.15. The third-order valence-electron chi connectivity index (χ3n) is 4.46. The van der Waals surface area contributed by atoms with Crippen LogP contribution in [0.25, 0.3) is 11.1 Å². The van der Waals surface area contributed by atoms with E-state index in [0.29, 0.717) is 11.1 Å². The number of carbonyl (C=O) groups is 1. The van der Waals surface area contributed by atoms with Crippen LogP contribution in [0, 0.1) is 0 Å². The number of benzene rings is 3. The smallest absolute Gasteiger partial charge is 0.193 e. The van der Waals surface area contributed by atoms with Crippen molar-refractivity contribution in [2.24, 2.45) is 0 Å². The molecule has 0 saturated carbocycles. The Morgan fingerprint density at radius 2 is 1.32 bits per heavy atom. The van der Waals surface area contributed by atoms with Gasteiger partial charge in [0.2, 0.25) is 0 Å². The summed E-state index contributed by atoms with van der Waals surface area (Å²) in [6.07, 6.45) is 0. The summed E-state index contributed by atoms with van der Waals surface area (Å²) in [5.41, 5.74) is 6.13. The van der Waals surface area contributed by atoms with Crippen molar-refractivity contribution in [2.45, 2.75) is 13.5 Å². The number of hydrogen-bond acceptors (Lipinski definition) is 2. The van der Waals surface area contributed by atoms with Gasteiger partial charge in [0, 0.05) is 24.2 Å². The molecule has 3 heteroatoms. The van der Waals surface area contributed by atoms with Gasteiger partial charge in [0.15, 0.2) is 5.78 Å². The van der Waals surface area contributed by atoms with Gasteiger partial charge in [-0.3, -0.25) is 9.69 Å². The molecule has 0 unspecified atom stereocenters. The quantitative estimate of drug-likeness (QED) is 0.363. The van der Waals surface area contributed by atoms with Crippen molar-refractivity contribution < 1.29 is 4.79 Å². The van der Waals surface area contributed by atoms with Crippen molar-refractivity contribution in [3.05, 3.63) is 108 Å². The molecule has 3 aromatic rings. The maximum atomic E-state index is 12.5. The van der Waals surface area contributed by atoms with Crippen molar-refractivity contribution in [1.82, 2.24) is 4.90 Å². The van der Waals surface area contributed by atoms with E-state index in [1.807, 2.05) is 61.5 Å². The number of likely N-dealkylation sites (N-methyl/N-ethyl adjacent to an activating group) is 1. The molecule has 0 fully saturated rings. The number of halogens is 1. The minimum Gasteiger partial charge on any atom is -0.298 e. The fraction of sp³-hybridized carbons (Fsp3) is 0.160. The van der Waals surface area contributed by atoms with Gasteiger partial charge in [-0.25, -0.2) is 0 Å². The highest BCUT2D eigenvalue weighted by Gasteiger charge is 2.08. The molecule has 0 aliphatic rings. The summed E-state index contributed by atoms with van der Waals surface area (Å²) in [6, 6.07) is 25.8. The first-order chi connectivity index (χ1) is 13.0. The lowest BCUT2D eigenvalue weighted by molar-refractivity contribution is 0.103. The van der Waals surface area contributed by atoms with Crippen LogP contribution < -0.4 is 0 Å². The van der Waals surface area contributed by atoms with Crippen LogP contribution in [-0.4, -0.2) is 24.3 Å². The zero-order chi connectivity index (χ0) is 19.2. The fourth-order valence-corrected chi connectivity index (χ4v) is 3.20. The van der Waals surface area contributed by atoms with Crippen molar-refractivity contribution in [1.29, 1.82) is 0 Å². The largest absolute Gasteiger partial charge is 0.298 e. The van der Waals surface area contributed by atoms with Gasteiger partial charge in [0.05, 0.1) is 0 Å². The predicted molar refractivity (Wildman–Crippen MR) is 120 cm³/mol. The second-order valence-corrected chi connectivity index (χ2v) is 7.10. The molecule has 0 aromatic heterocycles. The van der Waals surface area contributed by atoms with Crippen molar-refractivity contribution in [2.75, 3.05) is 13.6 Å². The van der Waals surface area contributed by atoms with Crippen molar-refractivity contribution in [3.63, 3.8) is 0 Å². The molecule has 28 heavy (non-hydrogen) atoms. The van der Waals surface area contributed by atoms with E-state index in [4.69, 9.17) is 0 Å². The molecular formula is C25H26ClNO. The van der Waals surface area contributed by atoms with Crippen LogP contribution in [0.15, 0.2) is 91.0 Å². The lowest BCUT2D eigenvalue weighted by atomic mass is 9.99. The summed E-state index contributed by atoms with van der Waals surface area (Å²) >= 11 is 0. The highest BCUT2D eigenvalue weighted by Crippen LogP contribution is 2.22. The summed E-state index contributed by atoms with van der Waals surface area (Å²) in [6.45, 7) is 7.81. The second-order valence-electron chi connectivity index (χ2n) is 7.10. The molecule has 0 heterocycles. The van der Waals surface area contributed by atoms with Crippen LogP contribution in [0.5, 0.6) is 0 Å². The van der Waals surface area contributed by atoms with Gasteiger partial charge < -0.3 is 0 Å². The lowest BCUT2D eigenvalue weighted by Crippen LogP contribution is -2.19. The summed E-state index contributed by atoms with van der Waals surface area (Å²) in [5, 5.41) is 0. The molecule has 0 spiro atoms. The lowest BCUT2D eigenvalue weighted by Gasteiger charge is -2.16. The van der Waals surface area contributed by atoms with Crippen LogP contribution in [0.2, 0.25) is 0 Å². The molecular weight excluding hydrogens is 366 g/mol. The van der Waals surface area contributed by atoms with Crippen molar-refractivity contribution >= 4 is 18.2 Å². The molecule has 0 radical (unpaired) electrons. The van der Waals surface area contributed by atoms with E-state index >= 15 is 0 Å². The Labute approximate surface area is 173 Å². The van der Waals surface area contributed by atoms with E-state index in [9.17, 15) is 4.79 Å². The number of carbonyl (C=O) groups excluding carboxylic acids is 1. The average molecular weight is 392 g/mol. The van der Waals surface area contributed by atoms with Crippen molar-refractivity contribution in [3.8, 4) is 11.1 Å². The SMILES string of the molecule is C=C(C)CN(C)Cc1ccc(-c2ccc(C(=O)c3ccccc3)cc2)cc1.Cl. The second kappa shape index (κ2) is 10.0. The summed E-state index contributed by atoms with van der Waals surface area (Å²) < 4.78 is 0. The standard InChI is InChI=1S/C25H25NO.ClH/c1-19(2)17-26(3)18-20-9-11-21(12-10-20)22-13-15-24(16-14-22)25(27)23-7-5-4-6-8-23;/h4-16H,1,17-18H2,2-3H3;1H. The molecule has 0 saturated heterocycles. The zero-order valence-electron chi connectivity index (χ0n) is 16.4. The van der Waals surface area contributed by atoms with E-state index in [1.165, 1.54) is 11.1 Å². The van der Waals surface area contributed by atoms with Gasteiger partial charge in [0.25, 0.3) is 0 Å². The van der Waals surface area contributed by atoms with Crippen LogP contribution in [0.1, 0.15) is 28.4 Å². The molecule has 0 amide bonds. The van der Waals surface area contributed by atoms with E-state index in [-0.39, 0.29) is 18.2 Å². The number of nitrogens with zero attached hydrogens (tertiary/aromatic N) is 1. The Morgan fingerprint density at radius 3 is 1.86 bits per heavy atom. The summed E-state index contributed by atoms with van der Waals surface area (Å²) in [7, 11) is 2.10. The molecule has 144 valence electrons. The molecule has 0 aliphatic carbocycles. The van der Waals surface area contributed by atoms with Gasteiger partial charge in [-0.1, -0.05) is 91.0 Å². The van der Waals surface area contributed by atoms with Gasteiger partial charge in [-0.15, -0.1) is 12.4 Å². The molecule has 0 bridgehead atoms. The summed E-state index contributed by atoms with van der Waals surface area (Å²) in [5.74, 6) is 0.0537.